The molecule has 4 aromatic rings. The van der Waals surface area contributed by atoms with Crippen molar-refractivity contribution >= 4 is 51.5 Å². The Morgan fingerprint density at radius 2 is 1.96 bits per heavy atom. The first-order chi connectivity index (χ1) is 13.5. The predicted molar refractivity (Wildman–Crippen MR) is 114 cm³/mol. The molecule has 0 aliphatic rings. The number of halogens is 1. The largest absolute Gasteiger partial charge is 0.396 e. The topological polar surface area (TPSA) is 76.6 Å². The molecule has 0 atom stereocenters. The van der Waals surface area contributed by atoms with Crippen molar-refractivity contribution in [2.45, 2.75) is 6.92 Å². The Morgan fingerprint density at radius 1 is 1.14 bits per heavy atom. The van der Waals surface area contributed by atoms with Gasteiger partial charge in [-0.05, 0) is 48.2 Å². The summed E-state index contributed by atoms with van der Waals surface area (Å²) in [6.07, 6.45) is 1.73. The minimum atomic E-state index is -0.392. The van der Waals surface area contributed by atoms with Gasteiger partial charge in [0.2, 0.25) is 5.78 Å². The van der Waals surface area contributed by atoms with Crippen molar-refractivity contribution < 1.29 is 9.59 Å². The molecule has 3 N–H and O–H groups in total. The number of benzene rings is 1. The van der Waals surface area contributed by atoms with Gasteiger partial charge >= 0.3 is 0 Å². The fourth-order valence-corrected chi connectivity index (χ4v) is 3.97. The molecule has 0 unspecified atom stereocenters. The summed E-state index contributed by atoms with van der Waals surface area (Å²) in [6.45, 7) is 1.87. The van der Waals surface area contributed by atoms with E-state index in [0.29, 0.717) is 21.1 Å². The van der Waals surface area contributed by atoms with Crippen LogP contribution in [0, 0.1) is 6.92 Å². The lowest BCUT2D eigenvalue weighted by Crippen LogP contribution is -2.14. The van der Waals surface area contributed by atoms with Crippen molar-refractivity contribution in [3.05, 3.63) is 86.8 Å². The highest BCUT2D eigenvalue weighted by molar-refractivity contribution is 7.12. The van der Waals surface area contributed by atoms with Gasteiger partial charge in [-0.15, -0.1) is 11.3 Å². The molecule has 4 rings (SSSR count). The zero-order chi connectivity index (χ0) is 19.8. The van der Waals surface area contributed by atoms with Gasteiger partial charge in [0.05, 0.1) is 21.6 Å². The summed E-state index contributed by atoms with van der Waals surface area (Å²) in [4.78, 5) is 26.6. The first kappa shape index (κ1) is 18.3. The molecule has 1 amide bonds. The highest BCUT2D eigenvalue weighted by Gasteiger charge is 2.26. The van der Waals surface area contributed by atoms with Crippen LogP contribution in [0.3, 0.4) is 0 Å². The van der Waals surface area contributed by atoms with E-state index in [1.807, 2.05) is 18.4 Å². The van der Waals surface area contributed by atoms with Crippen LogP contribution in [-0.4, -0.2) is 16.1 Å². The van der Waals surface area contributed by atoms with E-state index in [-0.39, 0.29) is 22.7 Å². The maximum atomic E-state index is 13.1. The molecule has 0 fully saturated rings. The molecular weight excluding hydrogens is 394 g/mol. The number of ketones is 1. The van der Waals surface area contributed by atoms with Gasteiger partial charge in [0.25, 0.3) is 5.91 Å². The van der Waals surface area contributed by atoms with Crippen LogP contribution in [0.2, 0.25) is 5.02 Å². The first-order valence-corrected chi connectivity index (χ1v) is 9.77. The number of pyridine rings is 1. The molecule has 0 bridgehead atoms. The number of aromatic nitrogens is 1. The van der Waals surface area contributed by atoms with Gasteiger partial charge < -0.3 is 15.5 Å². The molecule has 140 valence electrons. The Morgan fingerprint density at radius 3 is 2.71 bits per heavy atom. The van der Waals surface area contributed by atoms with Crippen LogP contribution >= 0.6 is 22.9 Å². The zero-order valence-corrected chi connectivity index (χ0v) is 16.5. The summed E-state index contributed by atoms with van der Waals surface area (Å²) >= 11 is 7.39. The summed E-state index contributed by atoms with van der Waals surface area (Å²) in [5.41, 5.74) is 9.06. The van der Waals surface area contributed by atoms with Gasteiger partial charge in [0.15, 0.2) is 0 Å². The Balaban J connectivity index is 1.83. The van der Waals surface area contributed by atoms with E-state index in [1.54, 1.807) is 53.1 Å². The standard InChI is InChI=1S/C21H16ClN3O2S/c1-12-7-8-13(22)11-14(12)24-21(27)17-15-5-2-3-9-25(15)19(18(17)23)20(26)16-6-4-10-28-16/h2-11H,23H2,1H3,(H,24,27). The van der Waals surface area contributed by atoms with Crippen molar-refractivity contribution in [1.29, 1.82) is 0 Å². The number of nitrogens with two attached hydrogens (primary N) is 1. The lowest BCUT2D eigenvalue weighted by atomic mass is 10.1. The number of hydrogen-bond donors (Lipinski definition) is 2. The quantitative estimate of drug-likeness (QED) is 0.464. The van der Waals surface area contributed by atoms with Gasteiger partial charge in [0.1, 0.15) is 5.69 Å². The smallest absolute Gasteiger partial charge is 0.259 e. The van der Waals surface area contributed by atoms with Gasteiger partial charge in [-0.3, -0.25) is 9.59 Å². The maximum Gasteiger partial charge on any atom is 0.259 e. The van der Waals surface area contributed by atoms with Crippen molar-refractivity contribution in [2.75, 3.05) is 11.1 Å². The number of anilines is 2. The second-order valence-corrected chi connectivity index (χ2v) is 7.70. The van der Waals surface area contributed by atoms with Crippen molar-refractivity contribution in [3.63, 3.8) is 0 Å². The number of nitrogens with one attached hydrogen (secondary N) is 1. The Labute approximate surface area is 170 Å². The molecular formula is C21H16ClN3O2S. The third kappa shape index (κ3) is 3.06. The number of fused-ring (bicyclic) bond motifs is 1. The van der Waals surface area contributed by atoms with Crippen LogP contribution in [-0.2, 0) is 0 Å². The Bertz CT molecular complexity index is 1210. The van der Waals surface area contributed by atoms with Gasteiger partial charge in [-0.1, -0.05) is 29.8 Å². The molecule has 3 aromatic heterocycles. The Kier molecular flexibility index (Phi) is 4.66. The normalized spacial score (nSPS) is 10.9. The molecule has 3 heterocycles. The van der Waals surface area contributed by atoms with Crippen LogP contribution in [0.5, 0.6) is 0 Å². The number of aryl methyl sites for hydroxylation is 1. The summed E-state index contributed by atoms with van der Waals surface area (Å²) < 4.78 is 1.66. The highest BCUT2D eigenvalue weighted by Crippen LogP contribution is 2.30. The fourth-order valence-electron chi connectivity index (χ4n) is 3.14. The lowest BCUT2D eigenvalue weighted by molar-refractivity contribution is 0.102. The lowest BCUT2D eigenvalue weighted by Gasteiger charge is -2.09. The zero-order valence-electron chi connectivity index (χ0n) is 14.9. The number of carbonyl (C=O) groups is 2. The highest BCUT2D eigenvalue weighted by atomic mass is 35.5. The second-order valence-electron chi connectivity index (χ2n) is 6.31. The third-order valence-electron chi connectivity index (χ3n) is 4.52. The molecule has 7 heteroatoms. The summed E-state index contributed by atoms with van der Waals surface area (Å²) in [5, 5.41) is 5.21. The number of thiophene rings is 1. The van der Waals surface area contributed by atoms with E-state index in [4.69, 9.17) is 17.3 Å². The minimum absolute atomic E-state index is 0.154. The van der Waals surface area contributed by atoms with Gasteiger partial charge in [-0.25, -0.2) is 0 Å². The average Bonchev–Trinajstić information content (AvgIpc) is 3.30. The molecule has 0 aliphatic carbocycles. The molecule has 0 radical (unpaired) electrons. The number of hydrogen-bond acceptors (Lipinski definition) is 4. The predicted octanol–water partition coefficient (Wildman–Crippen LogP) is 5.03. The Hall–Kier alpha value is -3.09. The molecule has 1 aromatic carbocycles. The summed E-state index contributed by atoms with van der Waals surface area (Å²) in [5.74, 6) is -0.608. The number of amides is 1. The monoisotopic (exact) mass is 409 g/mol. The molecule has 0 saturated carbocycles. The average molecular weight is 410 g/mol. The van der Waals surface area contributed by atoms with E-state index in [2.05, 4.69) is 5.32 Å². The second kappa shape index (κ2) is 7.14. The number of nitrogen functional groups attached to an aromatic ring is 1. The van der Waals surface area contributed by atoms with E-state index < -0.39 is 5.91 Å². The number of carbonyl (C=O) groups excluding carboxylic acids is 2. The number of nitrogens with zero attached hydrogens (tertiary/aromatic N) is 1. The van der Waals surface area contributed by atoms with Crippen LogP contribution in [0.1, 0.15) is 31.3 Å². The molecule has 0 saturated heterocycles. The summed E-state index contributed by atoms with van der Waals surface area (Å²) in [7, 11) is 0. The van der Waals surface area contributed by atoms with Crippen LogP contribution in [0.25, 0.3) is 5.52 Å². The molecule has 0 spiro atoms. The van der Waals surface area contributed by atoms with Crippen molar-refractivity contribution in [1.82, 2.24) is 4.40 Å². The summed E-state index contributed by atoms with van der Waals surface area (Å²) in [6, 6.07) is 14.2. The molecule has 0 aliphatic heterocycles. The fraction of sp³-hybridized carbons (Fsp3) is 0.0476. The van der Waals surface area contributed by atoms with E-state index in [0.717, 1.165) is 5.56 Å². The van der Waals surface area contributed by atoms with E-state index in [1.165, 1.54) is 11.3 Å². The minimum Gasteiger partial charge on any atom is -0.396 e. The third-order valence-corrected chi connectivity index (χ3v) is 5.62. The first-order valence-electron chi connectivity index (χ1n) is 8.51. The van der Waals surface area contributed by atoms with Crippen LogP contribution < -0.4 is 11.1 Å². The van der Waals surface area contributed by atoms with Crippen LogP contribution in [0.15, 0.2) is 60.1 Å². The van der Waals surface area contributed by atoms with Gasteiger partial charge in [-0.2, -0.15) is 0 Å². The van der Waals surface area contributed by atoms with Crippen molar-refractivity contribution in [3.8, 4) is 0 Å². The van der Waals surface area contributed by atoms with Crippen molar-refractivity contribution in [2.24, 2.45) is 0 Å². The maximum absolute atomic E-state index is 13.1. The van der Waals surface area contributed by atoms with E-state index >= 15 is 0 Å². The van der Waals surface area contributed by atoms with Crippen LogP contribution in [0.4, 0.5) is 11.4 Å². The van der Waals surface area contributed by atoms with E-state index in [9.17, 15) is 9.59 Å². The molecule has 28 heavy (non-hydrogen) atoms. The van der Waals surface area contributed by atoms with Gasteiger partial charge in [0, 0.05) is 16.9 Å². The SMILES string of the molecule is Cc1ccc(Cl)cc1NC(=O)c1c(N)c(C(=O)c2cccs2)n2ccccc12. The molecule has 5 nitrogen and oxygen atoms in total. The number of rotatable bonds is 4.